The molecule has 0 aliphatic heterocycles. The van der Waals surface area contributed by atoms with E-state index in [9.17, 15) is 4.79 Å². The normalized spacial score (nSPS) is 21.2. The Morgan fingerprint density at radius 2 is 1.52 bits per heavy atom. The highest BCUT2D eigenvalue weighted by atomic mass is 16.4. The zero-order valence-corrected chi connectivity index (χ0v) is 11.4. The third-order valence-corrected chi connectivity index (χ3v) is 4.52. The minimum Gasteiger partial charge on any atom is -0.478 e. The van der Waals surface area contributed by atoms with E-state index in [1.165, 1.54) is 22.3 Å². The lowest BCUT2D eigenvalue weighted by Gasteiger charge is -2.41. The molecule has 2 heteroatoms. The van der Waals surface area contributed by atoms with E-state index in [0.717, 1.165) is 18.1 Å². The second-order valence-corrected chi connectivity index (χ2v) is 5.60. The largest absolute Gasteiger partial charge is 0.478 e. The molecule has 1 N–H and O–H groups in total. The highest BCUT2D eigenvalue weighted by molar-refractivity contribution is 5.79. The van der Waals surface area contributed by atoms with E-state index in [1.54, 1.807) is 0 Å². The first-order chi connectivity index (χ1) is 10.3. The molecule has 3 aliphatic carbocycles. The average Bonchev–Trinajstić information content (AvgIpc) is 2.53. The van der Waals surface area contributed by atoms with E-state index in [4.69, 9.17) is 5.11 Å². The number of rotatable bonds is 1. The molecule has 0 heterocycles. The molecule has 21 heavy (non-hydrogen) atoms. The number of hydrogen-bond acceptors (Lipinski definition) is 1. The van der Waals surface area contributed by atoms with Crippen LogP contribution in [-0.2, 0) is 4.79 Å². The Bertz CT molecular complexity index is 762. The number of carboxylic acids is 1. The van der Waals surface area contributed by atoms with Gasteiger partial charge in [-0.05, 0) is 34.2 Å². The molecule has 0 amide bonds. The fourth-order valence-electron chi connectivity index (χ4n) is 3.75. The first kappa shape index (κ1) is 12.2. The van der Waals surface area contributed by atoms with Crippen LogP contribution >= 0.6 is 0 Å². The third-order valence-electron chi connectivity index (χ3n) is 4.52. The quantitative estimate of drug-likeness (QED) is 0.634. The standard InChI is InChI=1S/C19H14O2/c20-18(21)10-9-12-11-17-13-5-1-3-7-15(13)19(12)16-8-4-2-6-14(16)17/h1-8,10,17,19H,11H2,(H,20,21). The zero-order chi connectivity index (χ0) is 14.4. The molecule has 5 rings (SSSR count). The summed E-state index contributed by atoms with van der Waals surface area (Å²) in [4.78, 5) is 10.8. The number of benzene rings is 2. The van der Waals surface area contributed by atoms with E-state index in [1.807, 2.05) is 0 Å². The first-order valence-electron chi connectivity index (χ1n) is 7.11. The van der Waals surface area contributed by atoms with Crippen molar-refractivity contribution in [2.24, 2.45) is 0 Å². The Balaban J connectivity index is 1.99. The fraction of sp³-hybridized carbons (Fsp3) is 0.158. The third kappa shape index (κ3) is 1.77. The lowest BCUT2D eigenvalue weighted by atomic mass is 9.62. The molecule has 0 unspecified atom stereocenters. The number of carbonyl (C=O) groups is 1. The lowest BCUT2D eigenvalue weighted by Crippen LogP contribution is -2.26. The summed E-state index contributed by atoms with van der Waals surface area (Å²) in [7, 11) is 0. The second kappa shape index (κ2) is 4.47. The first-order valence-corrected chi connectivity index (χ1v) is 7.11. The van der Waals surface area contributed by atoms with E-state index >= 15 is 0 Å². The van der Waals surface area contributed by atoms with E-state index in [2.05, 4.69) is 54.3 Å². The van der Waals surface area contributed by atoms with Gasteiger partial charge in [-0.15, -0.1) is 5.73 Å². The van der Waals surface area contributed by atoms with E-state index in [-0.39, 0.29) is 5.92 Å². The Kier molecular flexibility index (Phi) is 2.60. The highest BCUT2D eigenvalue weighted by Crippen LogP contribution is 2.54. The zero-order valence-electron chi connectivity index (χ0n) is 11.4. The topological polar surface area (TPSA) is 37.3 Å². The molecule has 0 radical (unpaired) electrons. The molecule has 0 spiro atoms. The molecule has 2 aromatic carbocycles. The van der Waals surface area contributed by atoms with Gasteiger partial charge in [0, 0.05) is 11.8 Å². The van der Waals surface area contributed by atoms with Crippen LogP contribution < -0.4 is 0 Å². The van der Waals surface area contributed by atoms with Gasteiger partial charge >= 0.3 is 5.97 Å². The summed E-state index contributed by atoms with van der Waals surface area (Å²) in [6.45, 7) is 0. The van der Waals surface area contributed by atoms with Gasteiger partial charge in [-0.2, -0.15) is 0 Å². The molecule has 0 saturated heterocycles. The summed E-state index contributed by atoms with van der Waals surface area (Å²) >= 11 is 0. The Morgan fingerprint density at radius 3 is 2.05 bits per heavy atom. The Hall–Kier alpha value is -2.57. The molecule has 0 fully saturated rings. The predicted octanol–water partition coefficient (Wildman–Crippen LogP) is 3.83. The SMILES string of the molecule is O=C(O)C=C=C1CC2c3ccccc3C1c1ccccc12. The summed E-state index contributed by atoms with van der Waals surface area (Å²) in [5.74, 6) is -0.462. The van der Waals surface area contributed by atoms with Crippen LogP contribution in [0.25, 0.3) is 0 Å². The van der Waals surface area contributed by atoms with Crippen molar-refractivity contribution >= 4 is 5.97 Å². The summed E-state index contributed by atoms with van der Waals surface area (Å²) < 4.78 is 0. The van der Waals surface area contributed by atoms with Crippen LogP contribution in [0.2, 0.25) is 0 Å². The van der Waals surface area contributed by atoms with Gasteiger partial charge < -0.3 is 5.11 Å². The summed E-state index contributed by atoms with van der Waals surface area (Å²) in [6.07, 6.45) is 2.00. The van der Waals surface area contributed by atoms with Crippen LogP contribution in [0.4, 0.5) is 0 Å². The molecule has 0 aromatic heterocycles. The number of hydrogen-bond donors (Lipinski definition) is 1. The van der Waals surface area contributed by atoms with Crippen molar-refractivity contribution in [3.63, 3.8) is 0 Å². The van der Waals surface area contributed by atoms with Gasteiger partial charge in [-0.25, -0.2) is 4.79 Å². The highest BCUT2D eigenvalue weighted by Gasteiger charge is 2.39. The Morgan fingerprint density at radius 1 is 1.00 bits per heavy atom. The fourth-order valence-corrected chi connectivity index (χ4v) is 3.75. The summed E-state index contributed by atoms with van der Waals surface area (Å²) in [6, 6.07) is 17.0. The maximum Gasteiger partial charge on any atom is 0.336 e. The summed E-state index contributed by atoms with van der Waals surface area (Å²) in [5, 5.41) is 8.87. The minimum absolute atomic E-state index is 0.151. The van der Waals surface area contributed by atoms with Crippen LogP contribution in [0.15, 0.2) is 65.9 Å². The van der Waals surface area contributed by atoms with Crippen LogP contribution in [-0.4, -0.2) is 11.1 Å². The van der Waals surface area contributed by atoms with Gasteiger partial charge in [0.05, 0.1) is 6.08 Å². The molecule has 3 aliphatic rings. The monoisotopic (exact) mass is 274 g/mol. The van der Waals surface area contributed by atoms with Crippen molar-refractivity contribution < 1.29 is 9.90 Å². The maximum absolute atomic E-state index is 10.8. The summed E-state index contributed by atoms with van der Waals surface area (Å²) in [5.41, 5.74) is 9.46. The van der Waals surface area contributed by atoms with Crippen molar-refractivity contribution in [3.05, 3.63) is 88.2 Å². The number of carboxylic acid groups (broad SMARTS) is 1. The van der Waals surface area contributed by atoms with Crippen molar-refractivity contribution in [1.29, 1.82) is 0 Å². The van der Waals surface area contributed by atoms with Crippen molar-refractivity contribution in [3.8, 4) is 0 Å². The van der Waals surface area contributed by atoms with E-state index in [0.29, 0.717) is 5.92 Å². The van der Waals surface area contributed by atoms with Crippen molar-refractivity contribution in [2.45, 2.75) is 18.3 Å². The smallest absolute Gasteiger partial charge is 0.336 e. The molecular weight excluding hydrogens is 260 g/mol. The minimum atomic E-state index is -0.939. The van der Waals surface area contributed by atoms with Gasteiger partial charge in [0.25, 0.3) is 0 Å². The average molecular weight is 274 g/mol. The number of fused-ring (bicyclic) bond motifs is 1. The lowest BCUT2D eigenvalue weighted by molar-refractivity contribution is -0.131. The molecule has 2 bridgehead atoms. The van der Waals surface area contributed by atoms with Crippen molar-refractivity contribution in [1.82, 2.24) is 0 Å². The van der Waals surface area contributed by atoms with Gasteiger partial charge in [0.1, 0.15) is 0 Å². The van der Waals surface area contributed by atoms with Crippen LogP contribution in [0.5, 0.6) is 0 Å². The van der Waals surface area contributed by atoms with Gasteiger partial charge in [-0.1, -0.05) is 48.5 Å². The Labute approximate surface area is 123 Å². The molecule has 0 saturated carbocycles. The predicted molar refractivity (Wildman–Crippen MR) is 80.4 cm³/mol. The van der Waals surface area contributed by atoms with Gasteiger partial charge in [0.2, 0.25) is 0 Å². The second-order valence-electron chi connectivity index (χ2n) is 5.60. The molecular formula is C19H14O2. The van der Waals surface area contributed by atoms with E-state index < -0.39 is 5.97 Å². The molecule has 2 aromatic rings. The molecule has 2 nitrogen and oxygen atoms in total. The van der Waals surface area contributed by atoms with Crippen LogP contribution in [0, 0.1) is 0 Å². The van der Waals surface area contributed by atoms with Crippen LogP contribution in [0.1, 0.15) is 40.5 Å². The molecule has 102 valence electrons. The molecule has 0 atom stereocenters. The van der Waals surface area contributed by atoms with Crippen molar-refractivity contribution in [2.75, 3.05) is 0 Å². The van der Waals surface area contributed by atoms with Gasteiger partial charge in [0.15, 0.2) is 0 Å². The van der Waals surface area contributed by atoms with Crippen LogP contribution in [0.3, 0.4) is 0 Å². The maximum atomic E-state index is 10.8. The number of aliphatic carboxylic acids is 1. The van der Waals surface area contributed by atoms with Gasteiger partial charge in [-0.3, -0.25) is 0 Å².